The van der Waals surface area contributed by atoms with Crippen molar-refractivity contribution >= 4 is 23.2 Å². The van der Waals surface area contributed by atoms with E-state index in [1.54, 1.807) is 18.2 Å². The van der Waals surface area contributed by atoms with Crippen LogP contribution in [0.5, 0.6) is 5.75 Å². The zero-order valence-electron chi connectivity index (χ0n) is 6.31. The Morgan fingerprint density at radius 3 is 2.83 bits per heavy atom. The minimum absolute atomic E-state index is 0.373. The van der Waals surface area contributed by atoms with Crippen LogP contribution in [0.1, 0.15) is 0 Å². The van der Waals surface area contributed by atoms with Crippen molar-refractivity contribution in [1.82, 2.24) is 0 Å². The minimum atomic E-state index is 0.373. The molecule has 0 unspecified atom stereocenters. The SMILES string of the molecule is C=CCOc1[c]c(Cl)c(Cl)cc1. The lowest BCUT2D eigenvalue weighted by molar-refractivity contribution is 0.362. The molecule has 0 fully saturated rings. The third-order valence-electron chi connectivity index (χ3n) is 1.18. The normalized spacial score (nSPS) is 9.50. The largest absolute Gasteiger partial charge is 0.489 e. The summed E-state index contributed by atoms with van der Waals surface area (Å²) in [5.41, 5.74) is 0. The quantitative estimate of drug-likeness (QED) is 0.682. The van der Waals surface area contributed by atoms with Crippen molar-refractivity contribution in [2.75, 3.05) is 6.61 Å². The summed E-state index contributed by atoms with van der Waals surface area (Å²) >= 11 is 11.4. The Morgan fingerprint density at radius 1 is 1.50 bits per heavy atom. The van der Waals surface area contributed by atoms with Gasteiger partial charge in [0.15, 0.2) is 0 Å². The molecule has 0 aromatic heterocycles. The highest BCUT2D eigenvalue weighted by Crippen LogP contribution is 2.25. The first-order valence-electron chi connectivity index (χ1n) is 3.35. The van der Waals surface area contributed by atoms with Gasteiger partial charge in [0.1, 0.15) is 12.4 Å². The molecule has 1 rings (SSSR count). The van der Waals surface area contributed by atoms with E-state index in [1.807, 2.05) is 0 Å². The van der Waals surface area contributed by atoms with E-state index >= 15 is 0 Å². The van der Waals surface area contributed by atoms with Gasteiger partial charge >= 0.3 is 0 Å². The monoisotopic (exact) mass is 201 g/mol. The van der Waals surface area contributed by atoms with E-state index < -0.39 is 0 Å². The standard InChI is InChI=1S/C9H7Cl2O/c1-2-5-12-7-3-4-8(10)9(11)6-7/h2-4H,1,5H2. The highest BCUT2D eigenvalue weighted by atomic mass is 35.5. The van der Waals surface area contributed by atoms with Gasteiger partial charge in [0, 0.05) is 6.07 Å². The lowest BCUT2D eigenvalue weighted by atomic mass is 10.3. The molecule has 0 heterocycles. The molecule has 1 nitrogen and oxygen atoms in total. The molecule has 1 aromatic carbocycles. The molecule has 0 saturated heterocycles. The first kappa shape index (κ1) is 9.43. The van der Waals surface area contributed by atoms with Gasteiger partial charge in [-0.3, -0.25) is 0 Å². The summed E-state index contributed by atoms with van der Waals surface area (Å²) in [6.45, 7) is 3.96. The van der Waals surface area contributed by atoms with Gasteiger partial charge in [-0.2, -0.15) is 0 Å². The molecular weight excluding hydrogens is 195 g/mol. The first-order valence-corrected chi connectivity index (χ1v) is 4.10. The molecule has 0 atom stereocenters. The highest BCUT2D eigenvalue weighted by molar-refractivity contribution is 6.41. The minimum Gasteiger partial charge on any atom is -0.489 e. The maximum atomic E-state index is 5.70. The van der Waals surface area contributed by atoms with Crippen LogP contribution in [-0.4, -0.2) is 6.61 Å². The van der Waals surface area contributed by atoms with Crippen LogP contribution in [0, 0.1) is 6.07 Å². The summed E-state index contributed by atoms with van der Waals surface area (Å²) in [6, 6.07) is 6.15. The molecule has 0 N–H and O–H groups in total. The van der Waals surface area contributed by atoms with E-state index in [1.165, 1.54) is 0 Å². The molecule has 1 radical (unpaired) electrons. The summed E-state index contributed by atoms with van der Waals surface area (Å²) in [5, 5.41) is 0.848. The molecule has 0 saturated carbocycles. The second kappa shape index (κ2) is 4.39. The van der Waals surface area contributed by atoms with Gasteiger partial charge in [-0.25, -0.2) is 0 Å². The van der Waals surface area contributed by atoms with E-state index in [-0.39, 0.29) is 0 Å². The zero-order valence-corrected chi connectivity index (χ0v) is 7.82. The number of ether oxygens (including phenoxy) is 1. The molecule has 0 aliphatic rings. The first-order chi connectivity index (χ1) is 5.74. The third-order valence-corrected chi connectivity index (χ3v) is 1.89. The zero-order chi connectivity index (χ0) is 8.97. The molecule has 0 aliphatic carbocycles. The van der Waals surface area contributed by atoms with Crippen molar-refractivity contribution in [3.8, 4) is 5.75 Å². The number of hydrogen-bond acceptors (Lipinski definition) is 1. The van der Waals surface area contributed by atoms with Crippen LogP contribution in [0.25, 0.3) is 0 Å². The van der Waals surface area contributed by atoms with Gasteiger partial charge in [-0.1, -0.05) is 35.9 Å². The van der Waals surface area contributed by atoms with Gasteiger partial charge in [-0.15, -0.1) is 0 Å². The molecule has 1 aromatic rings. The van der Waals surface area contributed by atoms with Gasteiger partial charge in [0.25, 0.3) is 0 Å². The number of halogens is 2. The fourth-order valence-corrected chi connectivity index (χ4v) is 0.931. The van der Waals surface area contributed by atoms with Crippen molar-refractivity contribution < 1.29 is 4.74 Å². The van der Waals surface area contributed by atoms with Crippen LogP contribution < -0.4 is 4.74 Å². The Bertz CT molecular complexity index is 284. The Morgan fingerprint density at radius 2 is 2.25 bits per heavy atom. The molecule has 12 heavy (non-hydrogen) atoms. The van der Waals surface area contributed by atoms with E-state index in [0.29, 0.717) is 22.4 Å². The Hall–Kier alpha value is -0.660. The Balaban J connectivity index is 2.75. The number of rotatable bonds is 3. The van der Waals surface area contributed by atoms with Crippen molar-refractivity contribution in [1.29, 1.82) is 0 Å². The fourth-order valence-electron chi connectivity index (χ4n) is 0.664. The van der Waals surface area contributed by atoms with Crippen molar-refractivity contribution in [2.24, 2.45) is 0 Å². The number of hydrogen-bond donors (Lipinski definition) is 0. The van der Waals surface area contributed by atoms with Crippen LogP contribution >= 0.6 is 23.2 Å². The van der Waals surface area contributed by atoms with E-state index in [0.717, 1.165) is 0 Å². The van der Waals surface area contributed by atoms with Gasteiger partial charge in [-0.05, 0) is 12.1 Å². The smallest absolute Gasteiger partial charge is 0.129 e. The molecule has 63 valence electrons. The molecule has 0 aliphatic heterocycles. The second-order valence-electron chi connectivity index (χ2n) is 2.08. The fraction of sp³-hybridized carbons (Fsp3) is 0.111. The third kappa shape index (κ3) is 2.43. The summed E-state index contributed by atoms with van der Waals surface area (Å²) < 4.78 is 5.17. The predicted octanol–water partition coefficient (Wildman–Crippen LogP) is 3.36. The van der Waals surface area contributed by atoms with Gasteiger partial charge < -0.3 is 4.74 Å². The summed E-state index contributed by atoms with van der Waals surface area (Å²) in [6.07, 6.45) is 1.65. The van der Waals surface area contributed by atoms with Gasteiger partial charge in [0.2, 0.25) is 0 Å². The maximum Gasteiger partial charge on any atom is 0.129 e. The average molecular weight is 202 g/mol. The predicted molar refractivity (Wildman–Crippen MR) is 51.0 cm³/mol. The lowest BCUT2D eigenvalue weighted by Gasteiger charge is -2.02. The Kier molecular flexibility index (Phi) is 3.45. The molecule has 3 heteroatoms. The lowest BCUT2D eigenvalue weighted by Crippen LogP contribution is -1.92. The van der Waals surface area contributed by atoms with Crippen molar-refractivity contribution in [3.63, 3.8) is 0 Å². The summed E-state index contributed by atoms with van der Waals surface area (Å²) in [5.74, 6) is 0.573. The number of benzene rings is 1. The second-order valence-corrected chi connectivity index (χ2v) is 2.87. The van der Waals surface area contributed by atoms with Crippen LogP contribution in [0.3, 0.4) is 0 Å². The maximum absolute atomic E-state index is 5.70. The molecule has 0 spiro atoms. The van der Waals surface area contributed by atoms with Crippen molar-refractivity contribution in [3.05, 3.63) is 40.9 Å². The Labute approximate surface area is 81.6 Å². The molecular formula is C9H7Cl2O. The topological polar surface area (TPSA) is 9.23 Å². The van der Waals surface area contributed by atoms with Gasteiger partial charge in [0.05, 0.1) is 10.0 Å². The molecule has 0 bridgehead atoms. The van der Waals surface area contributed by atoms with Crippen LogP contribution in [0.2, 0.25) is 10.0 Å². The van der Waals surface area contributed by atoms with E-state index in [4.69, 9.17) is 27.9 Å². The van der Waals surface area contributed by atoms with Crippen LogP contribution in [-0.2, 0) is 0 Å². The molecule has 0 amide bonds. The van der Waals surface area contributed by atoms with E-state index in [9.17, 15) is 0 Å². The summed E-state index contributed by atoms with van der Waals surface area (Å²) in [7, 11) is 0. The van der Waals surface area contributed by atoms with Crippen LogP contribution in [0.4, 0.5) is 0 Å². The van der Waals surface area contributed by atoms with Crippen molar-refractivity contribution in [2.45, 2.75) is 0 Å². The average Bonchev–Trinajstić information content (AvgIpc) is 2.07. The van der Waals surface area contributed by atoms with E-state index in [2.05, 4.69) is 12.6 Å². The highest BCUT2D eigenvalue weighted by Gasteiger charge is 1.99. The summed E-state index contributed by atoms with van der Waals surface area (Å²) in [4.78, 5) is 0. The van der Waals surface area contributed by atoms with Crippen LogP contribution in [0.15, 0.2) is 24.8 Å².